The maximum Gasteiger partial charge on any atom is 0.416 e. The summed E-state index contributed by atoms with van der Waals surface area (Å²) in [5, 5.41) is 19.6. The van der Waals surface area contributed by atoms with Crippen LogP contribution in [0.15, 0.2) is 23.1 Å². The number of thioether (sulfide) groups is 1. The van der Waals surface area contributed by atoms with E-state index in [4.69, 9.17) is 5.11 Å². The normalized spacial score (nSPS) is 13.3. The van der Waals surface area contributed by atoms with Crippen molar-refractivity contribution in [3.05, 3.63) is 33.9 Å². The molecule has 106 valence electrons. The second-order valence-electron chi connectivity index (χ2n) is 4.04. The fraction of sp³-hybridized carbons (Fsp3) is 0.455. The average Bonchev–Trinajstić information content (AvgIpc) is 2.34. The van der Waals surface area contributed by atoms with E-state index in [2.05, 4.69) is 0 Å². The molecule has 0 aliphatic heterocycles. The van der Waals surface area contributed by atoms with Crippen LogP contribution in [0.25, 0.3) is 0 Å². The minimum absolute atomic E-state index is 0.0819. The zero-order valence-corrected chi connectivity index (χ0v) is 10.8. The first-order valence-corrected chi connectivity index (χ1v) is 6.33. The van der Waals surface area contributed by atoms with Crippen LogP contribution in [0.2, 0.25) is 0 Å². The van der Waals surface area contributed by atoms with Gasteiger partial charge >= 0.3 is 6.18 Å². The molecule has 0 bridgehead atoms. The number of alkyl halides is 3. The fourth-order valence-electron chi connectivity index (χ4n) is 1.24. The predicted octanol–water partition coefficient (Wildman–Crippen LogP) is 3.33. The van der Waals surface area contributed by atoms with E-state index in [0.29, 0.717) is 11.8 Å². The molecule has 0 radical (unpaired) electrons. The number of hydrogen-bond donors (Lipinski definition) is 1. The third-order valence-electron chi connectivity index (χ3n) is 2.32. The van der Waals surface area contributed by atoms with Crippen molar-refractivity contribution in [2.75, 3.05) is 12.4 Å². The van der Waals surface area contributed by atoms with Gasteiger partial charge in [0.25, 0.3) is 5.69 Å². The van der Waals surface area contributed by atoms with Crippen molar-refractivity contribution in [3.8, 4) is 0 Å². The second-order valence-corrected chi connectivity index (χ2v) is 5.10. The largest absolute Gasteiger partial charge is 0.416 e. The minimum atomic E-state index is -4.60. The molecule has 1 atom stereocenters. The molecule has 8 heteroatoms. The van der Waals surface area contributed by atoms with Crippen molar-refractivity contribution < 1.29 is 23.2 Å². The summed E-state index contributed by atoms with van der Waals surface area (Å²) in [6.45, 7) is 1.66. The highest BCUT2D eigenvalue weighted by atomic mass is 32.2. The SMILES string of the molecule is CC(CO)CSc1ccc(C(F)(F)F)cc1[N+](=O)[O-]. The van der Waals surface area contributed by atoms with E-state index in [1.807, 2.05) is 0 Å². The van der Waals surface area contributed by atoms with E-state index in [9.17, 15) is 23.3 Å². The highest BCUT2D eigenvalue weighted by Crippen LogP contribution is 2.36. The summed E-state index contributed by atoms with van der Waals surface area (Å²) in [5.41, 5.74) is -1.61. The van der Waals surface area contributed by atoms with E-state index in [0.717, 1.165) is 23.9 Å². The number of benzene rings is 1. The number of nitro groups is 1. The molecule has 0 fully saturated rings. The third-order valence-corrected chi connectivity index (χ3v) is 3.71. The summed E-state index contributed by atoms with van der Waals surface area (Å²) in [4.78, 5) is 10.1. The maximum absolute atomic E-state index is 12.5. The van der Waals surface area contributed by atoms with E-state index in [-0.39, 0.29) is 17.4 Å². The van der Waals surface area contributed by atoms with Crippen molar-refractivity contribution in [1.82, 2.24) is 0 Å². The van der Waals surface area contributed by atoms with E-state index < -0.39 is 22.4 Å². The molecule has 1 rings (SSSR count). The molecule has 0 aliphatic rings. The molecule has 1 unspecified atom stereocenters. The summed E-state index contributed by atoms with van der Waals surface area (Å²) in [7, 11) is 0. The highest BCUT2D eigenvalue weighted by molar-refractivity contribution is 7.99. The van der Waals surface area contributed by atoms with Gasteiger partial charge in [-0.3, -0.25) is 10.1 Å². The van der Waals surface area contributed by atoms with Crippen LogP contribution in [0.3, 0.4) is 0 Å². The molecular formula is C11H12F3NO3S. The van der Waals surface area contributed by atoms with Crippen LogP contribution < -0.4 is 0 Å². The Labute approximate surface area is 111 Å². The van der Waals surface area contributed by atoms with Crippen LogP contribution in [0.1, 0.15) is 12.5 Å². The molecular weight excluding hydrogens is 283 g/mol. The Morgan fingerprint density at radius 3 is 2.58 bits per heavy atom. The highest BCUT2D eigenvalue weighted by Gasteiger charge is 2.33. The van der Waals surface area contributed by atoms with Crippen molar-refractivity contribution in [2.24, 2.45) is 5.92 Å². The Morgan fingerprint density at radius 2 is 2.11 bits per heavy atom. The number of aliphatic hydroxyl groups excluding tert-OH is 1. The lowest BCUT2D eigenvalue weighted by Gasteiger charge is -2.10. The number of rotatable bonds is 5. The van der Waals surface area contributed by atoms with Gasteiger partial charge in [-0.1, -0.05) is 6.92 Å². The zero-order chi connectivity index (χ0) is 14.6. The Morgan fingerprint density at radius 1 is 1.47 bits per heavy atom. The Bertz CT molecular complexity index is 465. The van der Waals surface area contributed by atoms with Gasteiger partial charge in [0.05, 0.1) is 15.4 Å². The molecule has 0 saturated carbocycles. The van der Waals surface area contributed by atoms with Crippen LogP contribution in [0.5, 0.6) is 0 Å². The number of halogens is 3. The Kier molecular flexibility index (Phi) is 5.19. The molecule has 4 nitrogen and oxygen atoms in total. The molecule has 0 aliphatic carbocycles. The lowest BCUT2D eigenvalue weighted by atomic mass is 10.2. The van der Waals surface area contributed by atoms with Crippen LogP contribution in [-0.2, 0) is 6.18 Å². The quantitative estimate of drug-likeness (QED) is 0.514. The third kappa shape index (κ3) is 4.39. The van der Waals surface area contributed by atoms with Crippen molar-refractivity contribution in [2.45, 2.75) is 18.0 Å². The first-order valence-electron chi connectivity index (χ1n) is 5.35. The monoisotopic (exact) mass is 295 g/mol. The van der Waals surface area contributed by atoms with Gasteiger partial charge in [0.1, 0.15) is 0 Å². The maximum atomic E-state index is 12.5. The molecule has 0 amide bonds. The number of hydrogen-bond acceptors (Lipinski definition) is 4. The van der Waals surface area contributed by atoms with Gasteiger partial charge in [-0.2, -0.15) is 13.2 Å². The summed E-state index contributed by atoms with van der Waals surface area (Å²) < 4.78 is 37.4. The van der Waals surface area contributed by atoms with Gasteiger partial charge in [-0.25, -0.2) is 0 Å². The van der Waals surface area contributed by atoms with Crippen LogP contribution in [-0.4, -0.2) is 22.4 Å². The summed E-state index contributed by atoms with van der Waals surface area (Å²) in [5.74, 6) is 0.301. The fourth-order valence-corrected chi connectivity index (χ4v) is 2.26. The number of nitrogens with zero attached hydrogens (tertiary/aromatic N) is 1. The van der Waals surface area contributed by atoms with Gasteiger partial charge < -0.3 is 5.11 Å². The van der Waals surface area contributed by atoms with Crippen molar-refractivity contribution >= 4 is 17.4 Å². The van der Waals surface area contributed by atoms with E-state index >= 15 is 0 Å². The van der Waals surface area contributed by atoms with Crippen LogP contribution in [0, 0.1) is 16.0 Å². The first-order chi connectivity index (χ1) is 8.75. The second kappa shape index (κ2) is 6.25. The molecule has 0 aromatic heterocycles. The lowest BCUT2D eigenvalue weighted by Crippen LogP contribution is -2.07. The molecule has 0 spiro atoms. The predicted molar refractivity (Wildman–Crippen MR) is 65.1 cm³/mol. The molecule has 1 N–H and O–H groups in total. The van der Waals surface area contributed by atoms with Crippen molar-refractivity contribution in [3.63, 3.8) is 0 Å². The van der Waals surface area contributed by atoms with Crippen LogP contribution in [0.4, 0.5) is 18.9 Å². The van der Waals surface area contributed by atoms with Gasteiger partial charge in [0.2, 0.25) is 0 Å². The zero-order valence-electron chi connectivity index (χ0n) is 9.98. The summed E-state index contributed by atoms with van der Waals surface area (Å²) in [6, 6.07) is 2.45. The first kappa shape index (κ1) is 15.8. The number of nitro benzene ring substituents is 1. The molecule has 1 aromatic rings. The van der Waals surface area contributed by atoms with Gasteiger partial charge in [-0.15, -0.1) is 11.8 Å². The van der Waals surface area contributed by atoms with E-state index in [1.54, 1.807) is 6.92 Å². The summed E-state index contributed by atoms with van der Waals surface area (Å²) in [6.07, 6.45) is -4.60. The Balaban J connectivity index is 3.02. The molecule has 0 saturated heterocycles. The van der Waals surface area contributed by atoms with Gasteiger partial charge in [-0.05, 0) is 18.1 Å². The lowest BCUT2D eigenvalue weighted by molar-refractivity contribution is -0.388. The standard InChI is InChI=1S/C11H12F3NO3S/c1-7(5-16)6-19-10-3-2-8(11(12,13)14)4-9(10)15(17)18/h2-4,7,16H,5-6H2,1H3. The molecule has 1 aromatic carbocycles. The van der Waals surface area contributed by atoms with Crippen LogP contribution >= 0.6 is 11.8 Å². The summed E-state index contributed by atoms with van der Waals surface area (Å²) >= 11 is 1.06. The van der Waals surface area contributed by atoms with E-state index in [1.165, 1.54) is 0 Å². The molecule has 0 heterocycles. The van der Waals surface area contributed by atoms with Gasteiger partial charge in [0, 0.05) is 18.4 Å². The van der Waals surface area contributed by atoms with Crippen molar-refractivity contribution in [1.29, 1.82) is 0 Å². The topological polar surface area (TPSA) is 63.4 Å². The van der Waals surface area contributed by atoms with Gasteiger partial charge in [0.15, 0.2) is 0 Å². The molecule has 19 heavy (non-hydrogen) atoms. The number of aliphatic hydroxyl groups is 1. The Hall–Kier alpha value is -1.28. The average molecular weight is 295 g/mol. The minimum Gasteiger partial charge on any atom is -0.396 e. The smallest absolute Gasteiger partial charge is 0.396 e.